The minimum Gasteiger partial charge on any atom is -0.493 e. The Hall–Kier alpha value is -1.61. The van der Waals surface area contributed by atoms with Gasteiger partial charge in [0.1, 0.15) is 0 Å². The van der Waals surface area contributed by atoms with Crippen molar-refractivity contribution in [2.24, 2.45) is 0 Å². The molecule has 2 aliphatic heterocycles. The maximum atomic E-state index is 12.8. The summed E-state index contributed by atoms with van der Waals surface area (Å²) in [6.45, 7) is 5.02. The number of thioether (sulfide) groups is 1. The van der Waals surface area contributed by atoms with Crippen molar-refractivity contribution in [1.82, 2.24) is 10.0 Å². The number of ether oxygens (including phenoxy) is 3. The number of hydrogen-bond acceptors (Lipinski definition) is 7. The SMILES string of the molecule is CCOc1ccc(C=C2SC(=S)N(N3CCOCC3)C2=O)cc1OC. The molecule has 1 amide bonds. The molecule has 6 nitrogen and oxygen atoms in total. The van der Waals surface area contributed by atoms with Crippen LogP contribution >= 0.6 is 24.0 Å². The van der Waals surface area contributed by atoms with E-state index in [9.17, 15) is 4.79 Å². The first kappa shape index (κ1) is 18.2. The molecule has 134 valence electrons. The summed E-state index contributed by atoms with van der Waals surface area (Å²) in [7, 11) is 1.60. The molecule has 0 unspecified atom stereocenters. The Morgan fingerprint density at radius 2 is 2.08 bits per heavy atom. The van der Waals surface area contributed by atoms with E-state index in [4.69, 9.17) is 26.4 Å². The van der Waals surface area contributed by atoms with E-state index in [2.05, 4.69) is 0 Å². The molecule has 25 heavy (non-hydrogen) atoms. The van der Waals surface area contributed by atoms with E-state index in [1.807, 2.05) is 36.2 Å². The first-order valence-electron chi connectivity index (χ1n) is 8.05. The lowest BCUT2D eigenvalue weighted by Crippen LogP contribution is -2.50. The van der Waals surface area contributed by atoms with Crippen molar-refractivity contribution in [3.63, 3.8) is 0 Å². The van der Waals surface area contributed by atoms with Gasteiger partial charge in [0.2, 0.25) is 0 Å². The lowest BCUT2D eigenvalue weighted by atomic mass is 10.2. The zero-order valence-electron chi connectivity index (χ0n) is 14.2. The first-order chi connectivity index (χ1) is 12.1. The summed E-state index contributed by atoms with van der Waals surface area (Å²) in [6.07, 6.45) is 1.83. The molecular formula is C17H20N2O4S2. The van der Waals surface area contributed by atoms with Crippen LogP contribution in [0.25, 0.3) is 6.08 Å². The number of rotatable bonds is 5. The van der Waals surface area contributed by atoms with Crippen LogP contribution in [0.5, 0.6) is 11.5 Å². The molecule has 1 aromatic carbocycles. The van der Waals surface area contributed by atoms with Gasteiger partial charge in [0.15, 0.2) is 15.8 Å². The highest BCUT2D eigenvalue weighted by Gasteiger charge is 2.36. The van der Waals surface area contributed by atoms with Crippen molar-refractivity contribution in [3.05, 3.63) is 28.7 Å². The second-order valence-corrected chi connectivity index (χ2v) is 7.08. The van der Waals surface area contributed by atoms with Gasteiger partial charge in [-0.2, -0.15) is 0 Å². The number of methoxy groups -OCH3 is 1. The third-order valence-electron chi connectivity index (χ3n) is 3.83. The Bertz CT molecular complexity index is 702. The number of hydrogen-bond donors (Lipinski definition) is 0. The molecule has 2 saturated heterocycles. The van der Waals surface area contributed by atoms with E-state index < -0.39 is 0 Å². The molecule has 0 atom stereocenters. The van der Waals surface area contributed by atoms with Gasteiger partial charge >= 0.3 is 0 Å². The summed E-state index contributed by atoms with van der Waals surface area (Å²) in [6, 6.07) is 5.60. The van der Waals surface area contributed by atoms with E-state index in [0.717, 1.165) is 5.56 Å². The van der Waals surface area contributed by atoms with Crippen LogP contribution < -0.4 is 9.47 Å². The summed E-state index contributed by atoms with van der Waals surface area (Å²) < 4.78 is 16.8. The van der Waals surface area contributed by atoms with E-state index in [1.54, 1.807) is 12.1 Å². The molecular weight excluding hydrogens is 360 g/mol. The van der Waals surface area contributed by atoms with Gasteiger partial charge in [-0.1, -0.05) is 30.0 Å². The molecule has 0 bridgehead atoms. The Balaban J connectivity index is 1.81. The van der Waals surface area contributed by atoms with Crippen molar-refractivity contribution < 1.29 is 19.0 Å². The van der Waals surface area contributed by atoms with Gasteiger partial charge in [-0.05, 0) is 30.7 Å². The van der Waals surface area contributed by atoms with Crippen LogP contribution in [0.3, 0.4) is 0 Å². The average molecular weight is 380 g/mol. The second-order valence-electron chi connectivity index (χ2n) is 5.40. The van der Waals surface area contributed by atoms with Gasteiger partial charge in [0.05, 0.1) is 31.8 Å². The number of nitrogens with zero attached hydrogens (tertiary/aromatic N) is 2. The fourth-order valence-electron chi connectivity index (χ4n) is 2.66. The molecule has 3 rings (SSSR count). The minimum atomic E-state index is -0.0928. The molecule has 0 spiro atoms. The fraction of sp³-hybridized carbons (Fsp3) is 0.412. The third-order valence-corrected chi connectivity index (χ3v) is 5.11. The molecule has 1 aromatic rings. The maximum absolute atomic E-state index is 12.8. The van der Waals surface area contributed by atoms with Crippen molar-refractivity contribution in [2.45, 2.75) is 6.92 Å². The Morgan fingerprint density at radius 1 is 1.32 bits per heavy atom. The summed E-state index contributed by atoms with van der Waals surface area (Å²) >= 11 is 6.71. The van der Waals surface area contributed by atoms with Gasteiger partial charge in [-0.15, -0.1) is 0 Å². The molecule has 2 aliphatic rings. The Labute approximate surface area is 156 Å². The van der Waals surface area contributed by atoms with Crippen LogP contribution in [0.4, 0.5) is 0 Å². The monoisotopic (exact) mass is 380 g/mol. The van der Waals surface area contributed by atoms with Crippen LogP contribution in [0.1, 0.15) is 12.5 Å². The second kappa shape index (κ2) is 8.18. The molecule has 2 fully saturated rings. The zero-order valence-corrected chi connectivity index (χ0v) is 15.8. The predicted octanol–water partition coefficient (Wildman–Crippen LogP) is 2.54. The fourth-order valence-corrected chi connectivity index (χ4v) is 3.97. The summed E-state index contributed by atoms with van der Waals surface area (Å²) in [5.74, 6) is 1.23. The third kappa shape index (κ3) is 3.98. The smallest absolute Gasteiger partial charge is 0.280 e. The largest absolute Gasteiger partial charge is 0.493 e. The molecule has 0 aromatic heterocycles. The van der Waals surface area contributed by atoms with Crippen LogP contribution in [-0.4, -0.2) is 60.3 Å². The van der Waals surface area contributed by atoms with Gasteiger partial charge in [-0.25, -0.2) is 10.0 Å². The predicted molar refractivity (Wildman–Crippen MR) is 102 cm³/mol. The minimum absolute atomic E-state index is 0.0928. The molecule has 0 N–H and O–H groups in total. The van der Waals surface area contributed by atoms with Crippen molar-refractivity contribution in [3.8, 4) is 11.5 Å². The average Bonchev–Trinajstić information content (AvgIpc) is 2.90. The standard InChI is InChI=1S/C17H20N2O4S2/c1-3-23-13-5-4-12(10-14(13)21-2)11-15-16(20)19(17(24)25-15)18-6-8-22-9-7-18/h4-5,10-11H,3,6-9H2,1-2H3. The van der Waals surface area contributed by atoms with Crippen molar-refractivity contribution >= 4 is 40.3 Å². The van der Waals surface area contributed by atoms with Crippen LogP contribution in [0, 0.1) is 0 Å². The van der Waals surface area contributed by atoms with E-state index in [0.29, 0.717) is 53.6 Å². The van der Waals surface area contributed by atoms with Crippen LogP contribution in [0.2, 0.25) is 0 Å². The van der Waals surface area contributed by atoms with Crippen LogP contribution in [0.15, 0.2) is 23.1 Å². The molecule has 0 saturated carbocycles. The highest BCUT2D eigenvalue weighted by molar-refractivity contribution is 8.26. The number of carbonyl (C=O) groups is 1. The lowest BCUT2D eigenvalue weighted by molar-refractivity contribution is -0.138. The van der Waals surface area contributed by atoms with E-state index in [1.165, 1.54) is 11.8 Å². The molecule has 2 heterocycles. The zero-order chi connectivity index (χ0) is 17.8. The Kier molecular flexibility index (Phi) is 5.95. The van der Waals surface area contributed by atoms with Gasteiger partial charge in [0, 0.05) is 13.1 Å². The topological polar surface area (TPSA) is 51.2 Å². The van der Waals surface area contributed by atoms with Gasteiger partial charge in [0.25, 0.3) is 5.91 Å². The summed E-state index contributed by atoms with van der Waals surface area (Å²) in [4.78, 5) is 13.4. The lowest BCUT2D eigenvalue weighted by Gasteiger charge is -2.33. The number of amides is 1. The highest BCUT2D eigenvalue weighted by Crippen LogP contribution is 2.35. The molecule has 0 aliphatic carbocycles. The van der Waals surface area contributed by atoms with Crippen molar-refractivity contribution in [2.75, 3.05) is 40.0 Å². The quantitative estimate of drug-likeness (QED) is 0.575. The van der Waals surface area contributed by atoms with E-state index >= 15 is 0 Å². The van der Waals surface area contributed by atoms with E-state index in [-0.39, 0.29) is 5.91 Å². The highest BCUT2D eigenvalue weighted by atomic mass is 32.2. The molecule has 0 radical (unpaired) electrons. The van der Waals surface area contributed by atoms with Crippen molar-refractivity contribution in [1.29, 1.82) is 0 Å². The number of carbonyl (C=O) groups excluding carboxylic acids is 1. The number of thiocarbonyl (C=S) groups is 1. The van der Waals surface area contributed by atoms with Gasteiger partial charge < -0.3 is 14.2 Å². The first-order valence-corrected chi connectivity index (χ1v) is 9.28. The molecule has 8 heteroatoms. The summed E-state index contributed by atoms with van der Waals surface area (Å²) in [5, 5.41) is 3.53. The summed E-state index contributed by atoms with van der Waals surface area (Å²) in [5.41, 5.74) is 0.864. The number of hydrazine groups is 1. The Morgan fingerprint density at radius 3 is 2.76 bits per heavy atom. The van der Waals surface area contributed by atoms with Gasteiger partial charge in [-0.3, -0.25) is 4.79 Å². The van der Waals surface area contributed by atoms with Crippen LogP contribution in [-0.2, 0) is 9.53 Å². The maximum Gasteiger partial charge on any atom is 0.280 e. The number of morpholine rings is 1. The number of benzene rings is 1. The normalized spacial score (nSPS) is 20.4.